The molecule has 7 nitrogen and oxygen atoms in total. The molecular weight excluding hydrogens is 397 g/mol. The van der Waals surface area contributed by atoms with Crippen LogP contribution in [0.4, 0.5) is 4.39 Å². The first-order valence-corrected chi connectivity index (χ1v) is 10.4. The lowest BCUT2D eigenvalue weighted by Crippen LogP contribution is -2.30. The Morgan fingerprint density at radius 3 is 2.74 bits per heavy atom. The minimum absolute atomic E-state index is 0.0461. The van der Waals surface area contributed by atoms with Crippen LogP contribution >= 0.6 is 0 Å². The number of amides is 1. The van der Waals surface area contributed by atoms with E-state index in [1.165, 1.54) is 13.2 Å². The molecule has 0 N–H and O–H groups in total. The Morgan fingerprint density at radius 2 is 2.10 bits per heavy atom. The molecule has 1 saturated carbocycles. The van der Waals surface area contributed by atoms with E-state index in [0.29, 0.717) is 35.2 Å². The molecule has 3 aromatic rings. The van der Waals surface area contributed by atoms with E-state index >= 15 is 0 Å². The number of aromatic nitrogens is 4. The molecule has 31 heavy (non-hydrogen) atoms. The van der Waals surface area contributed by atoms with E-state index in [1.54, 1.807) is 40.2 Å². The Bertz CT molecular complexity index is 1110. The minimum Gasteiger partial charge on any atom is -0.494 e. The molecule has 1 amide bonds. The predicted molar refractivity (Wildman–Crippen MR) is 115 cm³/mol. The van der Waals surface area contributed by atoms with Gasteiger partial charge in [-0.3, -0.25) is 4.79 Å². The van der Waals surface area contributed by atoms with E-state index < -0.39 is 5.82 Å². The van der Waals surface area contributed by atoms with E-state index in [-0.39, 0.29) is 17.6 Å². The monoisotopic (exact) mass is 423 g/mol. The number of halogens is 1. The second-order valence-corrected chi connectivity index (χ2v) is 8.30. The summed E-state index contributed by atoms with van der Waals surface area (Å²) in [6.45, 7) is 4.83. The van der Waals surface area contributed by atoms with Gasteiger partial charge in [0.2, 0.25) is 0 Å². The Morgan fingerprint density at radius 1 is 1.32 bits per heavy atom. The molecule has 0 unspecified atom stereocenters. The van der Waals surface area contributed by atoms with E-state index in [0.717, 1.165) is 18.5 Å². The average Bonchev–Trinajstić information content (AvgIpc) is 3.50. The molecule has 0 atom stereocenters. The van der Waals surface area contributed by atoms with E-state index in [9.17, 15) is 9.18 Å². The van der Waals surface area contributed by atoms with Crippen molar-refractivity contribution >= 4 is 5.91 Å². The summed E-state index contributed by atoms with van der Waals surface area (Å²) in [7, 11) is 3.24. The van der Waals surface area contributed by atoms with Crippen molar-refractivity contribution in [2.75, 3.05) is 20.7 Å². The molecule has 1 fully saturated rings. The summed E-state index contributed by atoms with van der Waals surface area (Å²) in [6, 6.07) is 6.41. The lowest BCUT2D eigenvalue weighted by molar-refractivity contribution is 0.0778. The molecule has 1 aliphatic carbocycles. The van der Waals surface area contributed by atoms with Crippen LogP contribution in [0.2, 0.25) is 0 Å². The molecule has 0 bridgehead atoms. The van der Waals surface area contributed by atoms with Crippen molar-refractivity contribution < 1.29 is 13.9 Å². The van der Waals surface area contributed by atoms with Gasteiger partial charge in [0.15, 0.2) is 11.6 Å². The maximum atomic E-state index is 14.2. The van der Waals surface area contributed by atoms with Crippen LogP contribution in [0.1, 0.15) is 48.7 Å². The fraction of sp³-hybridized carbons (Fsp3) is 0.391. The molecule has 2 aromatic heterocycles. The largest absolute Gasteiger partial charge is 0.494 e. The van der Waals surface area contributed by atoms with Crippen molar-refractivity contribution in [2.24, 2.45) is 5.92 Å². The van der Waals surface area contributed by atoms with Crippen molar-refractivity contribution in [3.8, 4) is 23.0 Å². The third-order valence-electron chi connectivity index (χ3n) is 5.27. The highest BCUT2D eigenvalue weighted by Crippen LogP contribution is 2.42. The van der Waals surface area contributed by atoms with E-state index in [1.807, 2.05) is 7.05 Å². The molecule has 1 aromatic carbocycles. The van der Waals surface area contributed by atoms with Gasteiger partial charge in [0.05, 0.1) is 30.3 Å². The second-order valence-electron chi connectivity index (χ2n) is 8.30. The first-order chi connectivity index (χ1) is 14.9. The van der Waals surface area contributed by atoms with Gasteiger partial charge in [-0.05, 0) is 43.0 Å². The van der Waals surface area contributed by atoms with Crippen molar-refractivity contribution in [2.45, 2.75) is 32.6 Å². The number of ether oxygens (including phenoxy) is 1. The molecule has 8 heteroatoms. The highest BCUT2D eigenvalue weighted by molar-refractivity contribution is 5.95. The zero-order chi connectivity index (χ0) is 22.1. The second kappa shape index (κ2) is 8.45. The molecule has 0 radical (unpaired) electrons. The molecule has 0 spiro atoms. The van der Waals surface area contributed by atoms with Crippen molar-refractivity contribution in [3.05, 3.63) is 53.7 Å². The summed E-state index contributed by atoms with van der Waals surface area (Å²) in [5.74, 6) is 0.670. The fourth-order valence-electron chi connectivity index (χ4n) is 3.70. The van der Waals surface area contributed by atoms with Crippen LogP contribution in [0, 0.1) is 11.7 Å². The topological polar surface area (TPSA) is 73.1 Å². The van der Waals surface area contributed by atoms with Crippen LogP contribution in [0.25, 0.3) is 17.2 Å². The molecular formula is C23H26FN5O2. The van der Waals surface area contributed by atoms with Crippen LogP contribution < -0.4 is 4.74 Å². The normalized spacial score (nSPS) is 13.5. The Labute approximate surface area is 180 Å². The van der Waals surface area contributed by atoms with E-state index in [4.69, 9.17) is 4.74 Å². The van der Waals surface area contributed by atoms with Gasteiger partial charge < -0.3 is 9.64 Å². The molecule has 2 heterocycles. The Kier molecular flexibility index (Phi) is 5.71. The number of hydrogen-bond donors (Lipinski definition) is 0. The lowest BCUT2D eigenvalue weighted by Gasteiger charge is -2.19. The van der Waals surface area contributed by atoms with Crippen molar-refractivity contribution in [3.63, 3.8) is 0 Å². The highest BCUT2D eigenvalue weighted by atomic mass is 19.1. The first-order valence-electron chi connectivity index (χ1n) is 10.4. The first kappa shape index (κ1) is 21.0. The maximum absolute atomic E-state index is 14.2. The third kappa shape index (κ3) is 4.28. The summed E-state index contributed by atoms with van der Waals surface area (Å²) in [6.07, 6.45) is 5.23. The van der Waals surface area contributed by atoms with Crippen molar-refractivity contribution in [1.29, 1.82) is 0 Å². The zero-order valence-corrected chi connectivity index (χ0v) is 18.2. The number of methoxy groups -OCH3 is 1. The van der Waals surface area contributed by atoms with Gasteiger partial charge in [-0.1, -0.05) is 13.8 Å². The number of rotatable bonds is 7. The molecule has 162 valence electrons. The van der Waals surface area contributed by atoms with Gasteiger partial charge in [-0.15, -0.1) is 0 Å². The molecule has 4 rings (SSSR count). The van der Waals surface area contributed by atoms with Crippen LogP contribution in [-0.4, -0.2) is 51.3 Å². The van der Waals surface area contributed by atoms with Crippen LogP contribution in [0.5, 0.6) is 5.75 Å². The Balaban J connectivity index is 1.71. The summed E-state index contributed by atoms with van der Waals surface area (Å²) < 4.78 is 20.8. The van der Waals surface area contributed by atoms with Gasteiger partial charge in [-0.25, -0.2) is 19.0 Å². The molecule has 0 saturated heterocycles. The minimum atomic E-state index is -0.459. The number of benzene rings is 1. The van der Waals surface area contributed by atoms with E-state index in [2.05, 4.69) is 28.9 Å². The lowest BCUT2D eigenvalue weighted by atomic mass is 10.1. The van der Waals surface area contributed by atoms with Gasteiger partial charge in [0.1, 0.15) is 0 Å². The van der Waals surface area contributed by atoms with Crippen molar-refractivity contribution in [1.82, 2.24) is 24.6 Å². The number of hydrogen-bond acceptors (Lipinski definition) is 5. The predicted octanol–water partition coefficient (Wildman–Crippen LogP) is 4.08. The van der Waals surface area contributed by atoms with Gasteiger partial charge in [0.25, 0.3) is 11.9 Å². The number of carbonyl (C=O) groups excluding carboxylic acids is 1. The van der Waals surface area contributed by atoms with Gasteiger partial charge in [0, 0.05) is 31.3 Å². The zero-order valence-electron chi connectivity index (χ0n) is 18.2. The maximum Gasteiger partial charge on any atom is 0.257 e. The summed E-state index contributed by atoms with van der Waals surface area (Å²) in [4.78, 5) is 23.8. The smallest absolute Gasteiger partial charge is 0.257 e. The standard InChI is InChI=1S/C23H26FN5O2/c1-14(2)13-28(3)22(30)17-12-26-29(21(17)15-5-6-15)23-25-10-9-19(27-23)16-7-8-20(31-4)18(24)11-16/h7-12,14-15H,5-6,13H2,1-4H3. The summed E-state index contributed by atoms with van der Waals surface area (Å²) in [5.41, 5.74) is 2.61. The molecule has 1 aliphatic rings. The summed E-state index contributed by atoms with van der Waals surface area (Å²) >= 11 is 0. The van der Waals surface area contributed by atoms with Crippen LogP contribution in [0.15, 0.2) is 36.7 Å². The Hall–Kier alpha value is -3.29. The fourth-order valence-corrected chi connectivity index (χ4v) is 3.70. The SMILES string of the molecule is COc1ccc(-c2ccnc(-n3ncc(C(=O)N(C)CC(C)C)c3C3CC3)n2)cc1F. The van der Waals surface area contributed by atoms with Gasteiger partial charge >= 0.3 is 0 Å². The highest BCUT2D eigenvalue weighted by Gasteiger charge is 2.34. The third-order valence-corrected chi connectivity index (χ3v) is 5.27. The van der Waals surface area contributed by atoms with Crippen LogP contribution in [-0.2, 0) is 0 Å². The quantitative estimate of drug-likeness (QED) is 0.572. The summed E-state index contributed by atoms with van der Waals surface area (Å²) in [5, 5.41) is 4.46. The number of carbonyl (C=O) groups is 1. The van der Waals surface area contributed by atoms with Crippen LogP contribution in [0.3, 0.4) is 0 Å². The van der Waals surface area contributed by atoms with Gasteiger partial charge in [-0.2, -0.15) is 5.10 Å². The molecule has 0 aliphatic heterocycles. The number of nitrogens with zero attached hydrogens (tertiary/aromatic N) is 5. The average molecular weight is 423 g/mol.